The molecule has 0 aliphatic carbocycles. The van der Waals surface area contributed by atoms with Gasteiger partial charge in [-0.3, -0.25) is 0 Å². The third-order valence-electron chi connectivity index (χ3n) is 2.70. The number of rotatable bonds is 7. The standard InChI is InChI=1S/C13H18N4O2S/c1-20(18,19)16-9-8-14-11-12-3-5-13(6-4-12)17-10-2-7-15-17/h2-7,10,14,16H,8-9,11H2,1H3. The van der Waals surface area contributed by atoms with Crippen LogP contribution in [0.2, 0.25) is 0 Å². The number of benzene rings is 1. The van der Waals surface area contributed by atoms with Gasteiger partial charge < -0.3 is 5.32 Å². The van der Waals surface area contributed by atoms with Crippen LogP contribution in [-0.2, 0) is 16.6 Å². The zero-order chi connectivity index (χ0) is 14.4. The van der Waals surface area contributed by atoms with Crippen molar-refractivity contribution in [2.45, 2.75) is 6.54 Å². The Morgan fingerprint density at radius 1 is 1.20 bits per heavy atom. The van der Waals surface area contributed by atoms with Crippen molar-refractivity contribution < 1.29 is 8.42 Å². The molecule has 0 spiro atoms. The first-order chi connectivity index (χ1) is 9.54. The normalized spacial score (nSPS) is 11.7. The van der Waals surface area contributed by atoms with Crippen LogP contribution >= 0.6 is 0 Å². The summed E-state index contributed by atoms with van der Waals surface area (Å²) in [7, 11) is -3.10. The van der Waals surface area contributed by atoms with Crippen LogP contribution < -0.4 is 10.0 Å². The fraction of sp³-hybridized carbons (Fsp3) is 0.308. The molecule has 108 valence electrons. The minimum atomic E-state index is -3.10. The largest absolute Gasteiger partial charge is 0.311 e. The molecule has 20 heavy (non-hydrogen) atoms. The number of nitrogens with one attached hydrogen (secondary N) is 2. The van der Waals surface area contributed by atoms with Crippen LogP contribution in [0.25, 0.3) is 5.69 Å². The minimum Gasteiger partial charge on any atom is -0.311 e. The van der Waals surface area contributed by atoms with Gasteiger partial charge in [-0.15, -0.1) is 0 Å². The maximum Gasteiger partial charge on any atom is 0.208 e. The molecule has 0 radical (unpaired) electrons. The van der Waals surface area contributed by atoms with Gasteiger partial charge in [0.2, 0.25) is 10.0 Å². The van der Waals surface area contributed by atoms with Crippen LogP contribution in [0.5, 0.6) is 0 Å². The van der Waals surface area contributed by atoms with Gasteiger partial charge in [0.05, 0.1) is 11.9 Å². The summed E-state index contributed by atoms with van der Waals surface area (Å²) in [6, 6.07) is 9.92. The first-order valence-electron chi connectivity index (χ1n) is 6.29. The van der Waals surface area contributed by atoms with E-state index in [-0.39, 0.29) is 0 Å². The lowest BCUT2D eigenvalue weighted by molar-refractivity contribution is 0.582. The Kier molecular flexibility index (Phi) is 4.89. The molecule has 1 heterocycles. The van der Waals surface area contributed by atoms with Crippen molar-refractivity contribution in [3.05, 3.63) is 48.3 Å². The van der Waals surface area contributed by atoms with Gasteiger partial charge in [0.15, 0.2) is 0 Å². The van der Waals surface area contributed by atoms with Gasteiger partial charge in [-0.2, -0.15) is 5.10 Å². The molecule has 6 nitrogen and oxygen atoms in total. The summed E-state index contributed by atoms with van der Waals surface area (Å²) < 4.78 is 26.0. The van der Waals surface area contributed by atoms with Crippen molar-refractivity contribution in [1.29, 1.82) is 0 Å². The number of nitrogens with zero attached hydrogens (tertiary/aromatic N) is 2. The lowest BCUT2D eigenvalue weighted by atomic mass is 10.2. The molecule has 1 aromatic carbocycles. The zero-order valence-corrected chi connectivity index (χ0v) is 12.1. The van der Waals surface area contributed by atoms with E-state index >= 15 is 0 Å². The Bertz CT molecular complexity index is 621. The van der Waals surface area contributed by atoms with Crippen LogP contribution in [0.3, 0.4) is 0 Å². The Balaban J connectivity index is 1.77. The topological polar surface area (TPSA) is 76.0 Å². The van der Waals surface area contributed by atoms with Crippen molar-refractivity contribution in [3.8, 4) is 5.69 Å². The third kappa shape index (κ3) is 4.76. The monoisotopic (exact) mass is 294 g/mol. The summed E-state index contributed by atoms with van der Waals surface area (Å²) in [5.74, 6) is 0. The molecule has 0 saturated heterocycles. The lowest BCUT2D eigenvalue weighted by Crippen LogP contribution is -2.30. The molecule has 0 saturated carbocycles. The highest BCUT2D eigenvalue weighted by Gasteiger charge is 1.99. The predicted octanol–water partition coefficient (Wildman–Crippen LogP) is 0.511. The third-order valence-corrected chi connectivity index (χ3v) is 3.43. The van der Waals surface area contributed by atoms with Gasteiger partial charge in [-0.05, 0) is 23.8 Å². The SMILES string of the molecule is CS(=O)(=O)NCCNCc1ccc(-n2cccn2)cc1. The molecule has 2 N–H and O–H groups in total. The Hall–Kier alpha value is -1.70. The van der Waals surface area contributed by atoms with Crippen LogP contribution in [-0.4, -0.2) is 37.5 Å². The van der Waals surface area contributed by atoms with E-state index in [0.29, 0.717) is 19.6 Å². The van der Waals surface area contributed by atoms with E-state index in [9.17, 15) is 8.42 Å². The van der Waals surface area contributed by atoms with E-state index in [4.69, 9.17) is 0 Å². The van der Waals surface area contributed by atoms with Gasteiger partial charge in [-0.25, -0.2) is 17.8 Å². The maximum atomic E-state index is 10.9. The predicted molar refractivity (Wildman–Crippen MR) is 78.1 cm³/mol. The van der Waals surface area contributed by atoms with Gasteiger partial charge in [0, 0.05) is 32.0 Å². The Morgan fingerprint density at radius 3 is 2.55 bits per heavy atom. The highest BCUT2D eigenvalue weighted by Crippen LogP contribution is 2.08. The van der Waals surface area contributed by atoms with Crippen molar-refractivity contribution in [2.75, 3.05) is 19.3 Å². The van der Waals surface area contributed by atoms with E-state index in [1.165, 1.54) is 0 Å². The van der Waals surface area contributed by atoms with E-state index in [0.717, 1.165) is 17.5 Å². The minimum absolute atomic E-state index is 0.393. The molecule has 2 rings (SSSR count). The first kappa shape index (κ1) is 14.7. The van der Waals surface area contributed by atoms with Crippen LogP contribution in [0.15, 0.2) is 42.7 Å². The molecule has 7 heteroatoms. The average molecular weight is 294 g/mol. The summed E-state index contributed by atoms with van der Waals surface area (Å²) in [6.07, 6.45) is 4.79. The molecule has 0 amide bonds. The molecule has 0 aliphatic rings. The molecule has 0 aliphatic heterocycles. The maximum absolute atomic E-state index is 10.9. The molecule has 0 fully saturated rings. The summed E-state index contributed by atoms with van der Waals surface area (Å²) in [5, 5.41) is 7.34. The van der Waals surface area contributed by atoms with Crippen molar-refractivity contribution in [3.63, 3.8) is 0 Å². The Labute approximate surface area is 118 Å². The highest BCUT2D eigenvalue weighted by molar-refractivity contribution is 7.88. The summed E-state index contributed by atoms with van der Waals surface area (Å²) >= 11 is 0. The summed E-state index contributed by atoms with van der Waals surface area (Å²) in [6.45, 7) is 1.68. The van der Waals surface area contributed by atoms with E-state index in [1.807, 2.05) is 36.5 Å². The van der Waals surface area contributed by atoms with E-state index in [1.54, 1.807) is 10.9 Å². The van der Waals surface area contributed by atoms with Crippen molar-refractivity contribution >= 4 is 10.0 Å². The van der Waals surface area contributed by atoms with Gasteiger partial charge in [0.25, 0.3) is 0 Å². The molecule has 2 aromatic rings. The van der Waals surface area contributed by atoms with Crippen LogP contribution in [0.1, 0.15) is 5.56 Å². The fourth-order valence-electron chi connectivity index (χ4n) is 1.75. The van der Waals surface area contributed by atoms with Crippen LogP contribution in [0, 0.1) is 0 Å². The van der Waals surface area contributed by atoms with Gasteiger partial charge >= 0.3 is 0 Å². The first-order valence-corrected chi connectivity index (χ1v) is 8.18. The molecular formula is C13H18N4O2S. The zero-order valence-electron chi connectivity index (χ0n) is 11.3. The number of aromatic nitrogens is 2. The van der Waals surface area contributed by atoms with Crippen LogP contribution in [0.4, 0.5) is 0 Å². The van der Waals surface area contributed by atoms with Gasteiger partial charge in [0.1, 0.15) is 0 Å². The average Bonchev–Trinajstić information content (AvgIpc) is 2.92. The smallest absolute Gasteiger partial charge is 0.208 e. The van der Waals surface area contributed by atoms with E-state index < -0.39 is 10.0 Å². The van der Waals surface area contributed by atoms with Gasteiger partial charge in [-0.1, -0.05) is 12.1 Å². The Morgan fingerprint density at radius 2 is 1.95 bits per heavy atom. The highest BCUT2D eigenvalue weighted by atomic mass is 32.2. The second kappa shape index (κ2) is 6.65. The molecule has 0 atom stereocenters. The summed E-state index contributed by atoms with van der Waals surface area (Å²) in [4.78, 5) is 0. The molecule has 0 bridgehead atoms. The molecular weight excluding hydrogens is 276 g/mol. The van der Waals surface area contributed by atoms with E-state index in [2.05, 4.69) is 15.1 Å². The quantitative estimate of drug-likeness (QED) is 0.730. The number of hydrogen-bond donors (Lipinski definition) is 2. The molecule has 0 unspecified atom stereocenters. The lowest BCUT2D eigenvalue weighted by Gasteiger charge is -2.07. The number of hydrogen-bond acceptors (Lipinski definition) is 4. The second-order valence-corrected chi connectivity index (χ2v) is 6.29. The fourth-order valence-corrected chi connectivity index (χ4v) is 2.22. The van der Waals surface area contributed by atoms with Crippen molar-refractivity contribution in [1.82, 2.24) is 19.8 Å². The summed E-state index contributed by atoms with van der Waals surface area (Å²) in [5.41, 5.74) is 2.15. The van der Waals surface area contributed by atoms with Crippen molar-refractivity contribution in [2.24, 2.45) is 0 Å². The molecule has 1 aromatic heterocycles. The number of sulfonamides is 1. The second-order valence-electron chi connectivity index (χ2n) is 4.46.